The first-order valence-electron chi connectivity index (χ1n) is 5.46. The predicted octanol–water partition coefficient (Wildman–Crippen LogP) is 3.93. The topological polar surface area (TPSA) is 23.9 Å². The van der Waals surface area contributed by atoms with Gasteiger partial charge < -0.3 is 5.41 Å². The van der Waals surface area contributed by atoms with E-state index < -0.39 is 0 Å². The number of rotatable bonds is 2. The quantitative estimate of drug-likeness (QED) is 0.728. The first kappa shape index (κ1) is 12.2. The number of aryl methyl sites for hydroxylation is 1. The van der Waals surface area contributed by atoms with Crippen LogP contribution < -0.4 is 0 Å². The molecule has 0 aromatic heterocycles. The molecule has 0 aliphatic carbocycles. The summed E-state index contributed by atoms with van der Waals surface area (Å²) in [5, 5.41) is 6.82. The van der Waals surface area contributed by atoms with Gasteiger partial charge >= 0.3 is 0 Å². The lowest BCUT2D eigenvalue weighted by molar-refractivity contribution is 1.14. The zero-order chi connectivity index (χ0) is 11.6. The van der Waals surface area contributed by atoms with Crippen molar-refractivity contribution >= 4 is 6.21 Å². The van der Waals surface area contributed by atoms with E-state index in [-0.39, 0.29) is 0 Å². The van der Waals surface area contributed by atoms with Gasteiger partial charge in [-0.15, -0.1) is 0 Å². The molecular formula is C15H17N. The lowest BCUT2D eigenvalue weighted by Crippen LogP contribution is -1.73. The summed E-state index contributed by atoms with van der Waals surface area (Å²) in [5.74, 6) is 0. The Balaban J connectivity index is 0.000000160. The monoisotopic (exact) mass is 211 g/mol. The standard InChI is InChI=1S/C8H10.C7H7N/c1-2-8-6-4-3-5-7-8;8-6-7-4-2-1-3-5-7/h3-7H,2H2,1H3;1-6,8H. The van der Waals surface area contributed by atoms with E-state index in [4.69, 9.17) is 5.41 Å². The summed E-state index contributed by atoms with van der Waals surface area (Å²) >= 11 is 0. The number of nitrogens with one attached hydrogen (secondary N) is 1. The minimum atomic E-state index is 0.951. The second-order valence-electron chi connectivity index (χ2n) is 3.39. The van der Waals surface area contributed by atoms with Crippen molar-refractivity contribution in [3.05, 3.63) is 71.8 Å². The molecule has 0 spiro atoms. The van der Waals surface area contributed by atoms with Gasteiger partial charge in [0, 0.05) is 6.21 Å². The van der Waals surface area contributed by atoms with E-state index in [9.17, 15) is 0 Å². The van der Waals surface area contributed by atoms with Gasteiger partial charge in [-0.1, -0.05) is 67.6 Å². The molecule has 1 nitrogen and oxygen atoms in total. The smallest absolute Gasteiger partial charge is 0.0250 e. The van der Waals surface area contributed by atoms with Crippen molar-refractivity contribution in [2.75, 3.05) is 0 Å². The second kappa shape index (κ2) is 7.41. The van der Waals surface area contributed by atoms with Gasteiger partial charge in [0.25, 0.3) is 0 Å². The third kappa shape index (κ3) is 4.56. The summed E-state index contributed by atoms with van der Waals surface area (Å²) in [5.41, 5.74) is 2.36. The van der Waals surface area contributed by atoms with Gasteiger partial charge in [-0.25, -0.2) is 0 Å². The van der Waals surface area contributed by atoms with Crippen LogP contribution >= 0.6 is 0 Å². The normalized spacial score (nSPS) is 8.81. The van der Waals surface area contributed by atoms with Crippen LogP contribution in [0.1, 0.15) is 18.1 Å². The summed E-state index contributed by atoms with van der Waals surface area (Å²) in [4.78, 5) is 0. The molecule has 0 atom stereocenters. The fraction of sp³-hybridized carbons (Fsp3) is 0.133. The minimum absolute atomic E-state index is 0.951. The Morgan fingerprint density at radius 3 is 1.69 bits per heavy atom. The van der Waals surface area contributed by atoms with Gasteiger partial charge in [0.05, 0.1) is 0 Å². The summed E-state index contributed by atoms with van der Waals surface area (Å²) in [6.45, 7) is 2.16. The van der Waals surface area contributed by atoms with Gasteiger partial charge in [0.2, 0.25) is 0 Å². The Hall–Kier alpha value is -1.89. The predicted molar refractivity (Wildman–Crippen MR) is 70.1 cm³/mol. The van der Waals surface area contributed by atoms with E-state index in [1.54, 1.807) is 0 Å². The zero-order valence-electron chi connectivity index (χ0n) is 9.56. The van der Waals surface area contributed by atoms with E-state index in [0.29, 0.717) is 0 Å². The number of benzene rings is 2. The maximum atomic E-state index is 6.82. The Bertz CT molecular complexity index is 392. The lowest BCUT2D eigenvalue weighted by atomic mass is 10.2. The van der Waals surface area contributed by atoms with Crippen LogP contribution in [0.2, 0.25) is 0 Å². The number of hydrogen-bond acceptors (Lipinski definition) is 1. The van der Waals surface area contributed by atoms with Crippen LogP contribution in [0.5, 0.6) is 0 Å². The van der Waals surface area contributed by atoms with Crippen LogP contribution in [0.3, 0.4) is 0 Å². The molecule has 0 unspecified atom stereocenters. The van der Waals surface area contributed by atoms with Crippen molar-refractivity contribution in [1.82, 2.24) is 0 Å². The van der Waals surface area contributed by atoms with Gasteiger partial charge in [-0.3, -0.25) is 0 Å². The summed E-state index contributed by atoms with van der Waals surface area (Å²) < 4.78 is 0. The molecule has 82 valence electrons. The molecule has 2 aromatic carbocycles. The Morgan fingerprint density at radius 1 is 0.875 bits per heavy atom. The Labute approximate surface area is 97.3 Å². The third-order valence-corrected chi connectivity index (χ3v) is 2.22. The average Bonchev–Trinajstić information content (AvgIpc) is 2.41. The highest BCUT2D eigenvalue weighted by molar-refractivity contribution is 5.76. The van der Waals surface area contributed by atoms with Crippen LogP contribution in [-0.2, 0) is 6.42 Å². The minimum Gasteiger partial charge on any atom is -0.308 e. The van der Waals surface area contributed by atoms with Gasteiger partial charge in [0.15, 0.2) is 0 Å². The SMILES string of the molecule is CCc1ccccc1.N=Cc1ccccc1. The molecule has 1 N–H and O–H groups in total. The van der Waals surface area contributed by atoms with Crippen molar-refractivity contribution in [2.45, 2.75) is 13.3 Å². The fourth-order valence-electron chi connectivity index (χ4n) is 1.26. The van der Waals surface area contributed by atoms with Crippen LogP contribution in [0.25, 0.3) is 0 Å². The highest BCUT2D eigenvalue weighted by Crippen LogP contribution is 1.96. The molecule has 0 saturated heterocycles. The molecule has 0 bridgehead atoms. The van der Waals surface area contributed by atoms with E-state index >= 15 is 0 Å². The van der Waals surface area contributed by atoms with Crippen molar-refractivity contribution < 1.29 is 0 Å². The summed E-state index contributed by atoms with van der Waals surface area (Å²) in [6, 6.07) is 20.0. The largest absolute Gasteiger partial charge is 0.308 e. The van der Waals surface area contributed by atoms with Crippen LogP contribution in [0.4, 0.5) is 0 Å². The molecule has 2 rings (SSSR count). The highest BCUT2D eigenvalue weighted by Gasteiger charge is 1.80. The first-order chi connectivity index (χ1) is 7.86. The molecule has 0 heterocycles. The Kier molecular flexibility index (Phi) is 5.64. The zero-order valence-corrected chi connectivity index (χ0v) is 9.56. The van der Waals surface area contributed by atoms with Gasteiger partial charge in [-0.2, -0.15) is 0 Å². The molecule has 16 heavy (non-hydrogen) atoms. The Morgan fingerprint density at radius 2 is 1.38 bits per heavy atom. The molecule has 0 radical (unpaired) electrons. The van der Waals surface area contributed by atoms with Crippen molar-refractivity contribution in [3.63, 3.8) is 0 Å². The third-order valence-electron chi connectivity index (χ3n) is 2.22. The van der Waals surface area contributed by atoms with E-state index in [1.165, 1.54) is 11.8 Å². The van der Waals surface area contributed by atoms with Crippen molar-refractivity contribution in [1.29, 1.82) is 5.41 Å². The molecule has 1 heteroatoms. The second-order valence-corrected chi connectivity index (χ2v) is 3.39. The lowest BCUT2D eigenvalue weighted by Gasteiger charge is -1.89. The van der Waals surface area contributed by atoms with E-state index in [2.05, 4.69) is 31.2 Å². The maximum Gasteiger partial charge on any atom is 0.0250 e. The van der Waals surface area contributed by atoms with Crippen LogP contribution in [-0.4, -0.2) is 6.21 Å². The molecular weight excluding hydrogens is 194 g/mol. The van der Waals surface area contributed by atoms with E-state index in [0.717, 1.165) is 12.0 Å². The summed E-state index contributed by atoms with van der Waals surface area (Å²) in [6.07, 6.45) is 2.47. The van der Waals surface area contributed by atoms with Crippen LogP contribution in [0, 0.1) is 5.41 Å². The molecule has 0 aliphatic heterocycles. The number of hydrogen-bond donors (Lipinski definition) is 1. The molecule has 0 saturated carbocycles. The van der Waals surface area contributed by atoms with E-state index in [1.807, 2.05) is 36.4 Å². The molecule has 0 amide bonds. The molecule has 0 aliphatic rings. The maximum absolute atomic E-state index is 6.82. The van der Waals surface area contributed by atoms with Gasteiger partial charge in [-0.05, 0) is 17.5 Å². The summed E-state index contributed by atoms with van der Waals surface area (Å²) in [7, 11) is 0. The van der Waals surface area contributed by atoms with Gasteiger partial charge in [0.1, 0.15) is 0 Å². The van der Waals surface area contributed by atoms with Crippen LogP contribution in [0.15, 0.2) is 60.7 Å². The first-order valence-corrected chi connectivity index (χ1v) is 5.46. The van der Waals surface area contributed by atoms with Crippen molar-refractivity contribution in [2.24, 2.45) is 0 Å². The highest BCUT2D eigenvalue weighted by atomic mass is 14.3. The average molecular weight is 211 g/mol. The van der Waals surface area contributed by atoms with Crippen molar-refractivity contribution in [3.8, 4) is 0 Å². The molecule has 2 aromatic rings. The fourth-order valence-corrected chi connectivity index (χ4v) is 1.26. The molecule has 0 fully saturated rings.